The van der Waals surface area contributed by atoms with Gasteiger partial charge in [-0.1, -0.05) is 43.2 Å². The van der Waals surface area contributed by atoms with Crippen LogP contribution in [0.2, 0.25) is 0 Å². The quantitative estimate of drug-likeness (QED) is 0.813. The molecule has 1 aromatic carbocycles. The lowest BCUT2D eigenvalue weighted by molar-refractivity contribution is -0.125. The SMILES string of the molecule is CCCC(CN)C(=O)N[C@@H](C)c1cccc(C)c1. The maximum atomic E-state index is 12.0. The van der Waals surface area contributed by atoms with Gasteiger partial charge in [0.25, 0.3) is 0 Å². The Kier molecular flexibility index (Phi) is 5.86. The largest absolute Gasteiger partial charge is 0.349 e. The number of aryl methyl sites for hydroxylation is 1. The molecule has 0 aromatic heterocycles. The minimum absolute atomic E-state index is 0.0308. The van der Waals surface area contributed by atoms with Crippen LogP contribution in [0.3, 0.4) is 0 Å². The molecule has 100 valence electrons. The molecule has 18 heavy (non-hydrogen) atoms. The van der Waals surface area contributed by atoms with Gasteiger partial charge in [0, 0.05) is 6.54 Å². The molecule has 0 saturated carbocycles. The van der Waals surface area contributed by atoms with Crippen molar-refractivity contribution in [1.82, 2.24) is 5.32 Å². The summed E-state index contributed by atoms with van der Waals surface area (Å²) in [6.45, 7) is 6.55. The molecular formula is C15H24N2O. The molecule has 0 aliphatic rings. The molecule has 0 aliphatic heterocycles. The van der Waals surface area contributed by atoms with Crippen molar-refractivity contribution in [3.05, 3.63) is 35.4 Å². The van der Waals surface area contributed by atoms with E-state index in [9.17, 15) is 4.79 Å². The lowest BCUT2D eigenvalue weighted by atomic mass is 10.0. The number of benzene rings is 1. The van der Waals surface area contributed by atoms with Gasteiger partial charge >= 0.3 is 0 Å². The average Bonchev–Trinajstić information content (AvgIpc) is 2.35. The minimum Gasteiger partial charge on any atom is -0.349 e. The summed E-state index contributed by atoms with van der Waals surface area (Å²) in [7, 11) is 0. The van der Waals surface area contributed by atoms with Gasteiger partial charge in [-0.3, -0.25) is 4.79 Å². The number of carbonyl (C=O) groups is 1. The molecule has 1 aromatic rings. The van der Waals surface area contributed by atoms with Crippen molar-refractivity contribution in [2.45, 2.75) is 39.7 Å². The molecule has 0 aliphatic carbocycles. The van der Waals surface area contributed by atoms with E-state index >= 15 is 0 Å². The number of hydrogen-bond donors (Lipinski definition) is 2. The molecule has 0 radical (unpaired) electrons. The van der Waals surface area contributed by atoms with Crippen LogP contribution in [0.15, 0.2) is 24.3 Å². The van der Waals surface area contributed by atoms with Crippen molar-refractivity contribution in [2.75, 3.05) is 6.54 Å². The Hall–Kier alpha value is -1.35. The van der Waals surface area contributed by atoms with Gasteiger partial charge in [-0.2, -0.15) is 0 Å². The Morgan fingerprint density at radius 3 is 2.72 bits per heavy atom. The number of nitrogens with two attached hydrogens (primary N) is 1. The molecule has 1 unspecified atom stereocenters. The van der Waals surface area contributed by atoms with E-state index in [0.717, 1.165) is 18.4 Å². The maximum Gasteiger partial charge on any atom is 0.224 e. The first-order valence-corrected chi connectivity index (χ1v) is 6.65. The van der Waals surface area contributed by atoms with Gasteiger partial charge in [0.1, 0.15) is 0 Å². The van der Waals surface area contributed by atoms with Crippen LogP contribution in [0.5, 0.6) is 0 Å². The second kappa shape index (κ2) is 7.17. The number of nitrogens with one attached hydrogen (secondary N) is 1. The zero-order valence-corrected chi connectivity index (χ0v) is 11.6. The van der Waals surface area contributed by atoms with Crippen LogP contribution < -0.4 is 11.1 Å². The lowest BCUT2D eigenvalue weighted by Crippen LogP contribution is -2.36. The lowest BCUT2D eigenvalue weighted by Gasteiger charge is -2.19. The molecule has 0 fully saturated rings. The fourth-order valence-electron chi connectivity index (χ4n) is 2.06. The zero-order chi connectivity index (χ0) is 13.5. The molecule has 0 heterocycles. The first kappa shape index (κ1) is 14.7. The molecule has 3 nitrogen and oxygen atoms in total. The number of amides is 1. The highest BCUT2D eigenvalue weighted by Crippen LogP contribution is 2.15. The Bertz CT molecular complexity index is 390. The van der Waals surface area contributed by atoms with Crippen molar-refractivity contribution in [1.29, 1.82) is 0 Å². The van der Waals surface area contributed by atoms with E-state index in [2.05, 4.69) is 31.3 Å². The summed E-state index contributed by atoms with van der Waals surface area (Å²) >= 11 is 0. The molecule has 3 heteroatoms. The summed E-state index contributed by atoms with van der Waals surface area (Å²) in [6.07, 6.45) is 1.83. The van der Waals surface area contributed by atoms with Gasteiger partial charge in [-0.15, -0.1) is 0 Å². The van der Waals surface area contributed by atoms with Crippen LogP contribution in [-0.4, -0.2) is 12.5 Å². The van der Waals surface area contributed by atoms with Gasteiger partial charge in [-0.25, -0.2) is 0 Å². The summed E-state index contributed by atoms with van der Waals surface area (Å²) in [5.74, 6) is -0.00406. The third-order valence-electron chi connectivity index (χ3n) is 3.19. The second-order valence-corrected chi connectivity index (χ2v) is 4.87. The van der Waals surface area contributed by atoms with Crippen molar-refractivity contribution in [3.63, 3.8) is 0 Å². The van der Waals surface area contributed by atoms with Crippen LogP contribution in [0.4, 0.5) is 0 Å². The topological polar surface area (TPSA) is 55.1 Å². The van der Waals surface area contributed by atoms with Crippen LogP contribution in [-0.2, 0) is 4.79 Å². The van der Waals surface area contributed by atoms with Crippen molar-refractivity contribution in [3.8, 4) is 0 Å². The standard InChI is InChI=1S/C15H24N2O/c1-4-6-14(10-16)15(18)17-12(3)13-8-5-7-11(2)9-13/h5,7-9,12,14H,4,6,10,16H2,1-3H3,(H,17,18)/t12-,14?/m0/s1. The second-order valence-electron chi connectivity index (χ2n) is 4.87. The van der Waals surface area contributed by atoms with Gasteiger partial charge in [0.2, 0.25) is 5.91 Å². The summed E-state index contributed by atoms with van der Waals surface area (Å²) in [4.78, 5) is 12.0. The van der Waals surface area contributed by atoms with Crippen LogP contribution in [0.1, 0.15) is 43.9 Å². The number of hydrogen-bond acceptors (Lipinski definition) is 2. The van der Waals surface area contributed by atoms with Crippen molar-refractivity contribution in [2.24, 2.45) is 11.7 Å². The minimum atomic E-state index is -0.0674. The first-order valence-electron chi connectivity index (χ1n) is 6.65. The molecule has 0 spiro atoms. The van der Waals surface area contributed by atoms with E-state index in [1.165, 1.54) is 5.56 Å². The van der Waals surface area contributed by atoms with E-state index in [1.54, 1.807) is 0 Å². The molecule has 1 rings (SSSR count). The van der Waals surface area contributed by atoms with Gasteiger partial charge < -0.3 is 11.1 Å². The molecule has 0 saturated heterocycles. The third kappa shape index (κ3) is 4.15. The zero-order valence-electron chi connectivity index (χ0n) is 11.6. The highest BCUT2D eigenvalue weighted by Gasteiger charge is 2.18. The molecule has 2 atom stereocenters. The van der Waals surface area contributed by atoms with E-state index in [0.29, 0.717) is 6.54 Å². The van der Waals surface area contributed by atoms with Crippen molar-refractivity contribution >= 4 is 5.91 Å². The highest BCUT2D eigenvalue weighted by molar-refractivity contribution is 5.79. The van der Waals surface area contributed by atoms with Gasteiger partial charge in [0.15, 0.2) is 0 Å². The predicted molar refractivity (Wildman–Crippen MR) is 75.2 cm³/mol. The fourth-order valence-corrected chi connectivity index (χ4v) is 2.06. The average molecular weight is 248 g/mol. The number of rotatable bonds is 6. The van der Waals surface area contributed by atoms with Gasteiger partial charge in [0.05, 0.1) is 12.0 Å². The number of carbonyl (C=O) groups excluding carboxylic acids is 1. The monoisotopic (exact) mass is 248 g/mol. The molecular weight excluding hydrogens is 224 g/mol. The molecule has 0 bridgehead atoms. The molecule has 1 amide bonds. The molecule has 3 N–H and O–H groups in total. The Morgan fingerprint density at radius 1 is 1.44 bits per heavy atom. The fraction of sp³-hybridized carbons (Fsp3) is 0.533. The van der Waals surface area contributed by atoms with Crippen LogP contribution in [0.25, 0.3) is 0 Å². The first-order chi connectivity index (χ1) is 8.58. The van der Waals surface area contributed by atoms with Crippen molar-refractivity contribution < 1.29 is 4.79 Å². The summed E-state index contributed by atoms with van der Waals surface area (Å²) < 4.78 is 0. The Balaban J connectivity index is 2.63. The summed E-state index contributed by atoms with van der Waals surface area (Å²) in [5, 5.41) is 3.04. The Labute approximate surface area is 110 Å². The van der Waals surface area contributed by atoms with E-state index in [1.807, 2.05) is 19.1 Å². The van der Waals surface area contributed by atoms with Gasteiger partial charge in [-0.05, 0) is 25.8 Å². The highest BCUT2D eigenvalue weighted by atomic mass is 16.1. The van der Waals surface area contributed by atoms with Crippen LogP contribution >= 0.6 is 0 Å². The normalized spacial score (nSPS) is 14.0. The van der Waals surface area contributed by atoms with E-state index < -0.39 is 0 Å². The van der Waals surface area contributed by atoms with Crippen LogP contribution in [0, 0.1) is 12.8 Å². The summed E-state index contributed by atoms with van der Waals surface area (Å²) in [5.41, 5.74) is 7.98. The summed E-state index contributed by atoms with van der Waals surface area (Å²) in [6, 6.07) is 8.23. The van der Waals surface area contributed by atoms with E-state index in [4.69, 9.17) is 5.73 Å². The third-order valence-corrected chi connectivity index (χ3v) is 3.19. The van der Waals surface area contributed by atoms with E-state index in [-0.39, 0.29) is 17.9 Å². The predicted octanol–water partition coefficient (Wildman–Crippen LogP) is 2.55. The maximum absolute atomic E-state index is 12.0. The Morgan fingerprint density at radius 2 is 2.17 bits per heavy atom. The smallest absolute Gasteiger partial charge is 0.224 e.